The molecule has 1 aliphatic heterocycles. The van der Waals surface area contributed by atoms with Crippen molar-refractivity contribution in [3.8, 4) is 11.5 Å². The number of hydrogen-bond acceptors (Lipinski definition) is 4. The average molecular weight is 253 g/mol. The molecule has 1 fully saturated rings. The first-order valence-corrected chi connectivity index (χ1v) is 7.10. The van der Waals surface area contributed by atoms with E-state index in [4.69, 9.17) is 15.2 Å². The van der Waals surface area contributed by atoms with Gasteiger partial charge in [-0.15, -0.1) is 0 Å². The van der Waals surface area contributed by atoms with E-state index in [0.717, 1.165) is 29.2 Å². The number of ether oxygens (including phenoxy) is 2. The maximum absolute atomic E-state index is 5.99. The van der Waals surface area contributed by atoms with Crippen molar-refractivity contribution in [2.45, 2.75) is 25.5 Å². The summed E-state index contributed by atoms with van der Waals surface area (Å²) in [5.74, 6) is 3.94. The van der Waals surface area contributed by atoms with Crippen LogP contribution in [0, 0.1) is 0 Å². The fraction of sp³-hybridized carbons (Fsp3) is 0.538. The highest BCUT2D eigenvalue weighted by molar-refractivity contribution is 7.99. The standard InChI is InChI=1S/C13H19NO2S/c1-15-13-7-10(8-14)4-5-12(13)16-11-3-2-6-17-9-11/h4-5,7,11H,2-3,6,8-9,14H2,1H3. The Morgan fingerprint density at radius 3 is 2.94 bits per heavy atom. The quantitative estimate of drug-likeness (QED) is 0.895. The van der Waals surface area contributed by atoms with Gasteiger partial charge in [-0.3, -0.25) is 0 Å². The molecule has 0 radical (unpaired) electrons. The average Bonchev–Trinajstić information content (AvgIpc) is 2.40. The van der Waals surface area contributed by atoms with Crippen molar-refractivity contribution < 1.29 is 9.47 Å². The number of methoxy groups -OCH3 is 1. The zero-order chi connectivity index (χ0) is 12.1. The number of rotatable bonds is 4. The number of hydrogen-bond donors (Lipinski definition) is 1. The maximum atomic E-state index is 5.99. The van der Waals surface area contributed by atoms with Gasteiger partial charge in [0.1, 0.15) is 6.10 Å². The number of benzene rings is 1. The van der Waals surface area contributed by atoms with Gasteiger partial charge in [0.15, 0.2) is 11.5 Å². The van der Waals surface area contributed by atoms with Crippen molar-refractivity contribution in [1.82, 2.24) is 0 Å². The fourth-order valence-corrected chi connectivity index (χ4v) is 2.96. The van der Waals surface area contributed by atoms with Crippen LogP contribution in [0.15, 0.2) is 18.2 Å². The SMILES string of the molecule is COc1cc(CN)ccc1OC1CCCSC1. The van der Waals surface area contributed by atoms with Gasteiger partial charge in [0, 0.05) is 12.3 Å². The summed E-state index contributed by atoms with van der Waals surface area (Å²) in [6.45, 7) is 0.524. The van der Waals surface area contributed by atoms with Gasteiger partial charge in [0.05, 0.1) is 7.11 Å². The van der Waals surface area contributed by atoms with Gasteiger partial charge in [0.25, 0.3) is 0 Å². The van der Waals surface area contributed by atoms with Crippen molar-refractivity contribution >= 4 is 11.8 Å². The van der Waals surface area contributed by atoms with Crippen LogP contribution in [0.1, 0.15) is 18.4 Å². The Labute approximate surface area is 107 Å². The molecule has 1 aromatic rings. The zero-order valence-electron chi connectivity index (χ0n) is 10.1. The summed E-state index contributed by atoms with van der Waals surface area (Å²) >= 11 is 1.96. The first kappa shape index (κ1) is 12.6. The van der Waals surface area contributed by atoms with E-state index in [2.05, 4.69) is 0 Å². The lowest BCUT2D eigenvalue weighted by molar-refractivity contribution is 0.202. The molecule has 2 N–H and O–H groups in total. The summed E-state index contributed by atoms with van der Waals surface area (Å²) in [7, 11) is 1.66. The minimum Gasteiger partial charge on any atom is -0.493 e. The van der Waals surface area contributed by atoms with Gasteiger partial charge >= 0.3 is 0 Å². The highest BCUT2D eigenvalue weighted by atomic mass is 32.2. The maximum Gasteiger partial charge on any atom is 0.161 e. The largest absolute Gasteiger partial charge is 0.493 e. The highest BCUT2D eigenvalue weighted by Gasteiger charge is 2.17. The van der Waals surface area contributed by atoms with E-state index in [1.807, 2.05) is 30.0 Å². The van der Waals surface area contributed by atoms with Crippen molar-refractivity contribution in [1.29, 1.82) is 0 Å². The van der Waals surface area contributed by atoms with Crippen LogP contribution in [-0.4, -0.2) is 24.7 Å². The van der Waals surface area contributed by atoms with Crippen LogP contribution in [0.2, 0.25) is 0 Å². The molecular weight excluding hydrogens is 234 g/mol. The van der Waals surface area contributed by atoms with Gasteiger partial charge < -0.3 is 15.2 Å². The van der Waals surface area contributed by atoms with E-state index in [9.17, 15) is 0 Å². The van der Waals surface area contributed by atoms with Crippen LogP contribution < -0.4 is 15.2 Å². The first-order valence-electron chi connectivity index (χ1n) is 5.95. The molecule has 1 aromatic carbocycles. The molecule has 1 saturated heterocycles. The van der Waals surface area contributed by atoms with E-state index in [-0.39, 0.29) is 0 Å². The summed E-state index contributed by atoms with van der Waals surface area (Å²) in [5, 5.41) is 0. The lowest BCUT2D eigenvalue weighted by Crippen LogP contribution is -2.23. The molecule has 2 rings (SSSR count). The Bertz CT molecular complexity index is 364. The Morgan fingerprint density at radius 1 is 1.41 bits per heavy atom. The molecule has 1 atom stereocenters. The molecule has 94 valence electrons. The smallest absolute Gasteiger partial charge is 0.161 e. The van der Waals surface area contributed by atoms with E-state index in [0.29, 0.717) is 12.6 Å². The monoisotopic (exact) mass is 253 g/mol. The molecule has 0 spiro atoms. The van der Waals surface area contributed by atoms with E-state index < -0.39 is 0 Å². The predicted octanol–water partition coefficient (Wildman–Crippen LogP) is 2.43. The molecule has 0 aromatic heterocycles. The Morgan fingerprint density at radius 2 is 2.29 bits per heavy atom. The molecule has 0 aliphatic carbocycles. The number of nitrogens with two attached hydrogens (primary N) is 1. The van der Waals surface area contributed by atoms with Crippen LogP contribution in [0.4, 0.5) is 0 Å². The minimum atomic E-state index is 0.311. The normalized spacial score (nSPS) is 20.0. The predicted molar refractivity (Wildman–Crippen MR) is 71.9 cm³/mol. The molecule has 3 nitrogen and oxygen atoms in total. The first-order chi connectivity index (χ1) is 8.33. The minimum absolute atomic E-state index is 0.311. The van der Waals surface area contributed by atoms with Crippen LogP contribution in [0.5, 0.6) is 11.5 Å². The molecule has 0 bridgehead atoms. The molecule has 0 amide bonds. The third kappa shape index (κ3) is 3.30. The van der Waals surface area contributed by atoms with Gasteiger partial charge in [-0.2, -0.15) is 11.8 Å². The van der Waals surface area contributed by atoms with E-state index >= 15 is 0 Å². The van der Waals surface area contributed by atoms with Crippen molar-refractivity contribution in [3.63, 3.8) is 0 Å². The second-order valence-electron chi connectivity index (χ2n) is 4.15. The third-order valence-electron chi connectivity index (χ3n) is 2.88. The third-order valence-corrected chi connectivity index (χ3v) is 4.06. The molecule has 0 saturated carbocycles. The second kappa shape index (κ2) is 6.17. The van der Waals surface area contributed by atoms with Crippen molar-refractivity contribution in [2.75, 3.05) is 18.6 Å². The summed E-state index contributed by atoms with van der Waals surface area (Å²) in [5.41, 5.74) is 6.67. The number of thioether (sulfide) groups is 1. The molecule has 4 heteroatoms. The summed E-state index contributed by atoms with van der Waals surface area (Å²) in [6.07, 6.45) is 2.68. The van der Waals surface area contributed by atoms with Gasteiger partial charge in [-0.05, 0) is 36.3 Å². The molecule has 17 heavy (non-hydrogen) atoms. The van der Waals surface area contributed by atoms with Crippen LogP contribution in [-0.2, 0) is 6.54 Å². The second-order valence-corrected chi connectivity index (χ2v) is 5.30. The molecule has 1 aliphatic rings. The highest BCUT2D eigenvalue weighted by Crippen LogP contribution is 2.31. The summed E-state index contributed by atoms with van der Waals surface area (Å²) in [6, 6.07) is 5.90. The Balaban J connectivity index is 2.08. The Kier molecular flexibility index (Phi) is 4.57. The van der Waals surface area contributed by atoms with Crippen LogP contribution in [0.3, 0.4) is 0 Å². The Hall–Kier alpha value is -0.870. The zero-order valence-corrected chi connectivity index (χ0v) is 11.0. The lowest BCUT2D eigenvalue weighted by Gasteiger charge is -2.23. The lowest BCUT2D eigenvalue weighted by atomic mass is 10.2. The van der Waals surface area contributed by atoms with Gasteiger partial charge in [-0.1, -0.05) is 6.07 Å². The van der Waals surface area contributed by atoms with E-state index in [1.54, 1.807) is 7.11 Å². The van der Waals surface area contributed by atoms with Gasteiger partial charge in [0.2, 0.25) is 0 Å². The molecule has 1 unspecified atom stereocenters. The van der Waals surface area contributed by atoms with Crippen molar-refractivity contribution in [2.24, 2.45) is 5.73 Å². The van der Waals surface area contributed by atoms with Crippen LogP contribution >= 0.6 is 11.8 Å². The van der Waals surface area contributed by atoms with E-state index in [1.165, 1.54) is 12.2 Å². The molecular formula is C13H19NO2S. The summed E-state index contributed by atoms with van der Waals surface area (Å²) in [4.78, 5) is 0. The van der Waals surface area contributed by atoms with Crippen molar-refractivity contribution in [3.05, 3.63) is 23.8 Å². The topological polar surface area (TPSA) is 44.5 Å². The molecule has 1 heterocycles. The fourth-order valence-electron chi connectivity index (χ4n) is 1.92. The summed E-state index contributed by atoms with van der Waals surface area (Å²) < 4.78 is 11.3. The van der Waals surface area contributed by atoms with Gasteiger partial charge in [-0.25, -0.2) is 0 Å². The van der Waals surface area contributed by atoms with Crippen LogP contribution in [0.25, 0.3) is 0 Å².